The van der Waals surface area contributed by atoms with Crippen LogP contribution in [0.5, 0.6) is 0 Å². The molecule has 0 heterocycles. The summed E-state index contributed by atoms with van der Waals surface area (Å²) >= 11 is 1.71. The van der Waals surface area contributed by atoms with Gasteiger partial charge in [0.25, 0.3) is 0 Å². The Bertz CT molecular complexity index is 386. The zero-order valence-corrected chi connectivity index (χ0v) is 11.9. The number of thioether (sulfide) groups is 1. The van der Waals surface area contributed by atoms with Crippen LogP contribution in [0, 0.1) is 0 Å². The Labute approximate surface area is 110 Å². The van der Waals surface area contributed by atoms with Gasteiger partial charge in [-0.05, 0) is 11.8 Å². The molecule has 1 atom stereocenters. The molecule has 1 fully saturated rings. The molecule has 2 rings (SSSR count). The third-order valence-electron chi connectivity index (χ3n) is 3.30. The fourth-order valence-electron chi connectivity index (χ4n) is 2.06. The van der Waals surface area contributed by atoms with Crippen LogP contribution >= 0.6 is 11.8 Å². The van der Waals surface area contributed by atoms with Gasteiger partial charge in [-0.1, -0.05) is 30.3 Å². The topological polar surface area (TPSA) is 26.3 Å². The second-order valence-electron chi connectivity index (χ2n) is 4.40. The van der Waals surface area contributed by atoms with Crippen LogP contribution in [0.25, 0.3) is 0 Å². The number of hydrogen-bond donors (Lipinski definition) is 0. The lowest BCUT2D eigenvalue weighted by atomic mass is 9.94. The summed E-state index contributed by atoms with van der Waals surface area (Å²) in [5.74, 6) is 0. The van der Waals surface area contributed by atoms with E-state index >= 15 is 0 Å². The monoisotopic (exact) mass is 270 g/mol. The van der Waals surface area contributed by atoms with E-state index in [1.807, 2.05) is 24.5 Å². The zero-order valence-electron chi connectivity index (χ0n) is 10.2. The molecule has 94 valence electrons. The zero-order chi connectivity index (χ0) is 12.3. The Hall–Kier alpha value is -0.320. The predicted molar refractivity (Wildman–Crippen MR) is 74.6 cm³/mol. The van der Waals surface area contributed by atoms with Crippen LogP contribution in [-0.2, 0) is 22.1 Å². The maximum absolute atomic E-state index is 11.6. The first kappa shape index (κ1) is 13.1. The van der Waals surface area contributed by atoms with Crippen molar-refractivity contribution in [3.05, 3.63) is 35.9 Å². The van der Waals surface area contributed by atoms with E-state index in [9.17, 15) is 4.21 Å². The highest BCUT2D eigenvalue weighted by Gasteiger charge is 2.47. The minimum absolute atomic E-state index is 0.0542. The fraction of sp³-hybridized carbons (Fsp3) is 0.538. The number of ether oxygens (including phenoxy) is 1. The van der Waals surface area contributed by atoms with Crippen LogP contribution in [0.3, 0.4) is 0 Å². The van der Waals surface area contributed by atoms with Crippen molar-refractivity contribution in [1.82, 2.24) is 0 Å². The summed E-state index contributed by atoms with van der Waals surface area (Å²) in [7, 11) is -0.768. The lowest BCUT2D eigenvalue weighted by Gasteiger charge is -2.44. The molecule has 0 aromatic heterocycles. The van der Waals surface area contributed by atoms with Gasteiger partial charge in [-0.15, -0.1) is 11.8 Å². The molecular weight excluding hydrogens is 252 g/mol. The molecule has 0 amide bonds. The molecule has 1 aromatic carbocycles. The molecule has 17 heavy (non-hydrogen) atoms. The first-order valence-corrected chi connectivity index (χ1v) is 8.49. The summed E-state index contributed by atoms with van der Waals surface area (Å²) in [5, 5.41) is 0. The summed E-state index contributed by atoms with van der Waals surface area (Å²) in [4.78, 5) is 0. The number of hydrogen-bond acceptors (Lipinski definition) is 3. The van der Waals surface area contributed by atoms with Gasteiger partial charge in [0.2, 0.25) is 0 Å². The van der Waals surface area contributed by atoms with Crippen LogP contribution in [-0.4, -0.2) is 26.9 Å². The van der Waals surface area contributed by atoms with Crippen LogP contribution < -0.4 is 0 Å². The molecule has 2 nitrogen and oxygen atoms in total. The SMILES string of the molecule is CSC1([S@@](C)=O)CC(OCc2ccccc2)C1. The Morgan fingerprint density at radius 2 is 2.06 bits per heavy atom. The largest absolute Gasteiger partial charge is 0.373 e. The smallest absolute Gasteiger partial charge is 0.0952 e. The number of benzene rings is 1. The van der Waals surface area contributed by atoms with Gasteiger partial charge in [0.1, 0.15) is 0 Å². The Morgan fingerprint density at radius 3 is 2.59 bits per heavy atom. The molecule has 0 unspecified atom stereocenters. The molecular formula is C13H18O2S2. The van der Waals surface area contributed by atoms with E-state index in [-0.39, 0.29) is 10.2 Å². The van der Waals surface area contributed by atoms with E-state index < -0.39 is 10.8 Å². The highest BCUT2D eigenvalue weighted by atomic mass is 32.2. The van der Waals surface area contributed by atoms with Crippen LogP contribution in [0.15, 0.2) is 30.3 Å². The molecule has 0 N–H and O–H groups in total. The molecule has 0 spiro atoms. The van der Waals surface area contributed by atoms with Crippen molar-refractivity contribution in [2.75, 3.05) is 12.5 Å². The molecule has 1 saturated carbocycles. The number of rotatable bonds is 5. The highest BCUT2D eigenvalue weighted by molar-refractivity contribution is 8.12. The Kier molecular flexibility index (Phi) is 4.28. The summed E-state index contributed by atoms with van der Waals surface area (Å²) < 4.78 is 17.4. The fourth-order valence-corrected chi connectivity index (χ4v) is 4.54. The minimum atomic E-state index is -0.768. The van der Waals surface area contributed by atoms with Crippen LogP contribution in [0.2, 0.25) is 0 Å². The van der Waals surface area contributed by atoms with E-state index in [1.54, 1.807) is 18.0 Å². The quantitative estimate of drug-likeness (QED) is 0.823. The third kappa shape index (κ3) is 2.92. The molecule has 1 aromatic rings. The summed E-state index contributed by atoms with van der Waals surface area (Å²) in [6, 6.07) is 10.2. The highest BCUT2D eigenvalue weighted by Crippen LogP contribution is 2.46. The average molecular weight is 270 g/mol. The average Bonchev–Trinajstić information content (AvgIpc) is 2.29. The van der Waals surface area contributed by atoms with Gasteiger partial charge >= 0.3 is 0 Å². The lowest BCUT2D eigenvalue weighted by molar-refractivity contribution is -0.0116. The standard InChI is InChI=1S/C13H18O2S2/c1-16-13(17(2)14)8-12(9-13)15-10-11-6-4-3-5-7-11/h3-7,12H,8-10H2,1-2H3/t12?,13?,17-/m1/s1. The minimum Gasteiger partial charge on any atom is -0.373 e. The van der Waals surface area contributed by atoms with Crippen molar-refractivity contribution < 1.29 is 8.95 Å². The molecule has 4 heteroatoms. The van der Waals surface area contributed by atoms with E-state index in [2.05, 4.69) is 12.1 Å². The van der Waals surface area contributed by atoms with Gasteiger partial charge in [0, 0.05) is 29.9 Å². The van der Waals surface area contributed by atoms with Crippen molar-refractivity contribution in [3.63, 3.8) is 0 Å². The Balaban J connectivity index is 1.80. The summed E-state index contributed by atoms with van der Waals surface area (Å²) in [6.45, 7) is 0.659. The first-order valence-electron chi connectivity index (χ1n) is 5.70. The van der Waals surface area contributed by atoms with Crippen molar-refractivity contribution >= 4 is 22.6 Å². The van der Waals surface area contributed by atoms with Gasteiger partial charge in [-0.2, -0.15) is 0 Å². The molecule has 0 radical (unpaired) electrons. The molecule has 0 saturated heterocycles. The normalized spacial score (nSPS) is 29.6. The Morgan fingerprint density at radius 1 is 1.41 bits per heavy atom. The predicted octanol–water partition coefficient (Wildman–Crippen LogP) is 2.80. The van der Waals surface area contributed by atoms with Crippen molar-refractivity contribution in [1.29, 1.82) is 0 Å². The van der Waals surface area contributed by atoms with Crippen molar-refractivity contribution in [2.45, 2.75) is 29.6 Å². The van der Waals surface area contributed by atoms with Gasteiger partial charge in [0.05, 0.1) is 16.8 Å². The van der Waals surface area contributed by atoms with Gasteiger partial charge in [-0.25, -0.2) is 0 Å². The first-order chi connectivity index (χ1) is 8.16. The van der Waals surface area contributed by atoms with E-state index in [0.717, 1.165) is 12.8 Å². The van der Waals surface area contributed by atoms with Crippen molar-refractivity contribution in [3.8, 4) is 0 Å². The van der Waals surface area contributed by atoms with Crippen LogP contribution in [0.4, 0.5) is 0 Å². The maximum Gasteiger partial charge on any atom is 0.0952 e. The van der Waals surface area contributed by atoms with Gasteiger partial charge in [0.15, 0.2) is 0 Å². The van der Waals surface area contributed by atoms with E-state index in [4.69, 9.17) is 4.74 Å². The van der Waals surface area contributed by atoms with Crippen LogP contribution in [0.1, 0.15) is 18.4 Å². The molecule has 0 bridgehead atoms. The van der Waals surface area contributed by atoms with Crippen molar-refractivity contribution in [2.24, 2.45) is 0 Å². The molecule has 1 aliphatic rings. The lowest BCUT2D eigenvalue weighted by Crippen LogP contribution is -2.48. The second-order valence-corrected chi connectivity index (χ2v) is 7.53. The second kappa shape index (κ2) is 5.55. The van der Waals surface area contributed by atoms with E-state index in [1.165, 1.54) is 5.56 Å². The van der Waals surface area contributed by atoms with Gasteiger partial charge in [-0.3, -0.25) is 4.21 Å². The van der Waals surface area contributed by atoms with Gasteiger partial charge < -0.3 is 4.74 Å². The van der Waals surface area contributed by atoms with E-state index in [0.29, 0.717) is 6.61 Å². The third-order valence-corrected chi connectivity index (χ3v) is 6.96. The summed E-state index contributed by atoms with van der Waals surface area (Å²) in [6.07, 6.45) is 5.92. The molecule has 1 aliphatic carbocycles. The summed E-state index contributed by atoms with van der Waals surface area (Å²) in [5.41, 5.74) is 1.20. The molecule has 0 aliphatic heterocycles. The maximum atomic E-state index is 11.6.